The van der Waals surface area contributed by atoms with E-state index in [2.05, 4.69) is 20.3 Å². The first kappa shape index (κ1) is 38.8. The summed E-state index contributed by atoms with van der Waals surface area (Å²) < 4.78 is 33.3. The number of nitrogens with zero attached hydrogens (tertiary/aromatic N) is 3. The number of aromatic nitrogens is 1. The molecule has 8 rings (SSSR count). The van der Waals surface area contributed by atoms with Gasteiger partial charge in [-0.05, 0) is 74.9 Å². The van der Waals surface area contributed by atoms with Crippen LogP contribution in [0.5, 0.6) is 5.75 Å². The third-order valence-electron chi connectivity index (χ3n) is 11.9. The highest BCUT2D eigenvalue weighted by Gasteiger charge is 2.63. The summed E-state index contributed by atoms with van der Waals surface area (Å²) >= 11 is 1.23. The molecule has 0 unspecified atom stereocenters. The van der Waals surface area contributed by atoms with E-state index in [1.807, 2.05) is 41.8 Å². The lowest BCUT2D eigenvalue weighted by molar-refractivity contribution is -0.142. The van der Waals surface area contributed by atoms with Gasteiger partial charge in [-0.1, -0.05) is 43.2 Å². The summed E-state index contributed by atoms with van der Waals surface area (Å²) in [6.07, 6.45) is 8.26. The Morgan fingerprint density at radius 2 is 1.74 bits per heavy atom. The number of hydrogen-bond donors (Lipinski definition) is 3. The van der Waals surface area contributed by atoms with Gasteiger partial charge >= 0.3 is 0 Å². The number of nitrogens with one attached hydrogen (secondary N) is 3. The molecule has 5 aliphatic rings. The van der Waals surface area contributed by atoms with E-state index in [1.165, 1.54) is 16.2 Å². The average Bonchev–Trinajstić information content (AvgIpc) is 4.03. The number of fused-ring (bicyclic) bond motifs is 4. The normalized spacial score (nSPS) is 28.1. The lowest BCUT2D eigenvalue weighted by Crippen LogP contribution is -2.60. The van der Waals surface area contributed by atoms with Crippen molar-refractivity contribution < 1.29 is 37.1 Å². The SMILES string of the molecule is COc1ccc(-c2csc(C(=O)N3C[C@H]4CN5C(=O)[C@@H](NC(=O)c6ccccc6)CCCCC/C=C\[C@H]6C[C@@]6(C(=O)NS(=O)(=O)C6CC6)NC(=O)[C@@H]5[C@H]4C3)n2)cc1. The maximum absolute atomic E-state index is 14.7. The molecule has 2 aromatic carbocycles. The minimum atomic E-state index is -3.91. The molecule has 3 aromatic rings. The molecule has 5 amide bonds. The van der Waals surface area contributed by atoms with Crippen LogP contribution in [0.2, 0.25) is 0 Å². The summed E-state index contributed by atoms with van der Waals surface area (Å²) in [6.45, 7) is 0.575. The van der Waals surface area contributed by atoms with E-state index in [0.717, 1.165) is 18.4 Å². The van der Waals surface area contributed by atoms with Crippen molar-refractivity contribution in [3.8, 4) is 17.0 Å². The largest absolute Gasteiger partial charge is 0.497 e. The molecular weight excluding hydrogens is 769 g/mol. The van der Waals surface area contributed by atoms with Gasteiger partial charge in [0.1, 0.15) is 23.4 Å². The summed E-state index contributed by atoms with van der Waals surface area (Å²) in [5.41, 5.74) is 0.360. The van der Waals surface area contributed by atoms with E-state index in [-0.39, 0.29) is 37.9 Å². The van der Waals surface area contributed by atoms with Crippen LogP contribution in [0.3, 0.4) is 0 Å². The van der Waals surface area contributed by atoms with E-state index >= 15 is 0 Å². The number of carbonyl (C=O) groups is 5. The zero-order valence-electron chi connectivity index (χ0n) is 31.6. The van der Waals surface area contributed by atoms with E-state index in [0.29, 0.717) is 54.1 Å². The number of methoxy groups -OCH3 is 1. The Bertz CT molecular complexity index is 2190. The van der Waals surface area contributed by atoms with Crippen LogP contribution in [0.1, 0.15) is 71.5 Å². The first-order chi connectivity index (χ1) is 27.5. The molecule has 0 radical (unpaired) electrons. The molecule has 1 aromatic heterocycles. The van der Waals surface area contributed by atoms with Crippen molar-refractivity contribution in [3.05, 3.63) is 82.7 Å². The monoisotopic (exact) mass is 814 g/mol. The quantitative estimate of drug-likeness (QED) is 0.287. The third-order valence-corrected chi connectivity index (χ3v) is 14.6. The van der Waals surface area contributed by atoms with Crippen LogP contribution >= 0.6 is 11.3 Å². The fraction of sp³-hybridized carbons (Fsp3) is 0.463. The number of rotatable bonds is 8. The molecule has 6 atom stereocenters. The molecule has 2 saturated heterocycles. The smallest absolute Gasteiger partial charge is 0.282 e. The fourth-order valence-corrected chi connectivity index (χ4v) is 10.6. The number of ether oxygens (including phenoxy) is 1. The third kappa shape index (κ3) is 7.93. The van der Waals surface area contributed by atoms with Crippen molar-refractivity contribution in [1.82, 2.24) is 30.1 Å². The van der Waals surface area contributed by atoms with Crippen molar-refractivity contribution in [2.45, 2.75) is 74.2 Å². The van der Waals surface area contributed by atoms with Gasteiger partial charge in [-0.2, -0.15) is 0 Å². The number of likely N-dealkylation sites (tertiary alicyclic amines) is 1. The second-order valence-electron chi connectivity index (χ2n) is 15.7. The van der Waals surface area contributed by atoms with Gasteiger partial charge < -0.3 is 25.2 Å². The highest BCUT2D eigenvalue weighted by molar-refractivity contribution is 7.91. The number of carbonyl (C=O) groups excluding carboxylic acids is 5. The van der Waals surface area contributed by atoms with Crippen LogP contribution in [0.15, 0.2) is 72.1 Å². The zero-order valence-corrected chi connectivity index (χ0v) is 33.2. The molecule has 14 nitrogen and oxygen atoms in total. The maximum Gasteiger partial charge on any atom is 0.282 e. The standard InChI is InChI=1S/C41H46N6O8S2/c1-55-29-16-14-25(15-17-29)33-24-56-37(43-33)39(51)46-21-27-22-47-34(31(27)23-46)36(49)44-41(40(52)45-57(53,54)30-18-19-30)20-28(41)12-8-3-2-4-9-13-32(38(47)50)42-35(48)26-10-6-5-7-11-26/h5-8,10-12,14-17,24,27-28,30-32,34H,2-4,9,13,18-23H2,1H3,(H,42,48)(H,44,49)(H,45,52)/b12-8-/t27-,28-,31-,32-,34-,41+/m0/s1. The molecule has 0 bridgehead atoms. The van der Waals surface area contributed by atoms with Crippen molar-refractivity contribution in [1.29, 1.82) is 0 Å². The molecule has 300 valence electrons. The van der Waals surface area contributed by atoms with Crippen LogP contribution in [-0.2, 0) is 24.4 Å². The van der Waals surface area contributed by atoms with Gasteiger partial charge in [-0.25, -0.2) is 13.4 Å². The van der Waals surface area contributed by atoms with E-state index in [1.54, 1.807) is 42.3 Å². The second-order valence-corrected chi connectivity index (χ2v) is 18.6. The van der Waals surface area contributed by atoms with Gasteiger partial charge in [0.05, 0.1) is 18.1 Å². The number of benzene rings is 2. The summed E-state index contributed by atoms with van der Waals surface area (Å²) in [5.74, 6) is -3.01. The minimum absolute atomic E-state index is 0.149. The lowest BCUT2D eigenvalue weighted by Gasteiger charge is -2.33. The minimum Gasteiger partial charge on any atom is -0.497 e. The molecule has 0 spiro atoms. The molecule has 3 N–H and O–H groups in total. The number of hydrogen-bond acceptors (Lipinski definition) is 10. The molecule has 4 fully saturated rings. The van der Waals surface area contributed by atoms with Crippen molar-refractivity contribution >= 4 is 50.9 Å². The topological polar surface area (TPSA) is 184 Å². The summed E-state index contributed by atoms with van der Waals surface area (Å²) in [4.78, 5) is 78.4. The first-order valence-corrected chi connectivity index (χ1v) is 22.0. The number of amides is 5. The van der Waals surface area contributed by atoms with Crippen molar-refractivity contribution in [2.24, 2.45) is 17.8 Å². The summed E-state index contributed by atoms with van der Waals surface area (Å²) in [6, 6.07) is 14.0. The number of allylic oxidation sites excluding steroid dienone is 1. The molecule has 2 saturated carbocycles. The van der Waals surface area contributed by atoms with Gasteiger partial charge in [0.25, 0.3) is 17.7 Å². The van der Waals surface area contributed by atoms with Crippen LogP contribution in [0.25, 0.3) is 11.3 Å². The van der Waals surface area contributed by atoms with Crippen molar-refractivity contribution in [2.75, 3.05) is 26.7 Å². The van der Waals surface area contributed by atoms with Crippen LogP contribution in [0, 0.1) is 17.8 Å². The highest BCUT2D eigenvalue weighted by atomic mass is 32.2. The molecule has 3 aliphatic heterocycles. The predicted molar refractivity (Wildman–Crippen MR) is 211 cm³/mol. The van der Waals surface area contributed by atoms with E-state index in [4.69, 9.17) is 4.74 Å². The fourth-order valence-electron chi connectivity index (χ4n) is 8.47. The van der Waals surface area contributed by atoms with Crippen LogP contribution < -0.4 is 20.1 Å². The van der Waals surface area contributed by atoms with Gasteiger partial charge in [0.15, 0.2) is 5.01 Å². The average molecular weight is 815 g/mol. The van der Waals surface area contributed by atoms with Gasteiger partial charge in [0.2, 0.25) is 21.8 Å². The Labute approximate surface area is 335 Å². The van der Waals surface area contributed by atoms with E-state index in [9.17, 15) is 32.4 Å². The highest BCUT2D eigenvalue weighted by Crippen LogP contribution is 2.47. The molecule has 4 heterocycles. The van der Waals surface area contributed by atoms with Gasteiger partial charge in [-0.15, -0.1) is 11.3 Å². The maximum atomic E-state index is 14.7. The van der Waals surface area contributed by atoms with Crippen LogP contribution in [0.4, 0.5) is 0 Å². The van der Waals surface area contributed by atoms with Crippen molar-refractivity contribution in [3.63, 3.8) is 0 Å². The Morgan fingerprint density at radius 3 is 2.47 bits per heavy atom. The number of thiazole rings is 1. The first-order valence-electron chi connectivity index (χ1n) is 19.6. The molecular formula is C41H46N6O8S2. The second kappa shape index (κ2) is 15.7. The molecule has 2 aliphatic carbocycles. The Kier molecular flexibility index (Phi) is 10.7. The van der Waals surface area contributed by atoms with E-state index < -0.39 is 68.4 Å². The summed E-state index contributed by atoms with van der Waals surface area (Å²) in [7, 11) is -2.32. The zero-order chi connectivity index (χ0) is 39.9. The predicted octanol–water partition coefficient (Wildman–Crippen LogP) is 3.52. The Balaban J connectivity index is 1.07. The lowest BCUT2D eigenvalue weighted by atomic mass is 9.93. The number of sulfonamides is 1. The van der Waals surface area contributed by atoms with Crippen LogP contribution in [-0.4, -0.2) is 102 Å². The Hall–Kier alpha value is -5.09. The molecule has 57 heavy (non-hydrogen) atoms. The molecule has 16 heteroatoms. The summed E-state index contributed by atoms with van der Waals surface area (Å²) in [5, 5.41) is 7.36. The van der Waals surface area contributed by atoms with Gasteiger partial charge in [0, 0.05) is 53.9 Å². The Morgan fingerprint density at radius 1 is 0.965 bits per heavy atom. The van der Waals surface area contributed by atoms with Gasteiger partial charge in [-0.3, -0.25) is 28.7 Å².